The molecule has 3 heteroatoms. The van der Waals surface area contributed by atoms with Gasteiger partial charge >= 0.3 is 0 Å². The predicted molar refractivity (Wildman–Crippen MR) is 96.1 cm³/mol. The SMILES string of the molecule is c1ccc(-c2ccncc2-c2cccnc2-c2cccnc2)cc1. The average molecular weight is 309 g/mol. The van der Waals surface area contributed by atoms with E-state index in [1.807, 2.05) is 67.3 Å². The van der Waals surface area contributed by atoms with Crippen molar-refractivity contribution in [3.8, 4) is 33.5 Å². The summed E-state index contributed by atoms with van der Waals surface area (Å²) in [5, 5.41) is 0. The first-order chi connectivity index (χ1) is 11.9. The number of aromatic nitrogens is 3. The van der Waals surface area contributed by atoms with Crippen LogP contribution in [0.15, 0.2) is 91.6 Å². The van der Waals surface area contributed by atoms with Gasteiger partial charge in [-0.05, 0) is 35.4 Å². The van der Waals surface area contributed by atoms with E-state index in [0.717, 1.165) is 33.5 Å². The van der Waals surface area contributed by atoms with E-state index < -0.39 is 0 Å². The monoisotopic (exact) mass is 309 g/mol. The number of rotatable bonds is 3. The van der Waals surface area contributed by atoms with Crippen LogP contribution < -0.4 is 0 Å². The maximum absolute atomic E-state index is 4.59. The Bertz CT molecular complexity index is 870. The van der Waals surface area contributed by atoms with Crippen molar-refractivity contribution >= 4 is 0 Å². The fourth-order valence-corrected chi connectivity index (χ4v) is 2.83. The Labute approximate surface area is 140 Å². The summed E-state index contributed by atoms with van der Waals surface area (Å²) in [6, 6.07) is 20.4. The van der Waals surface area contributed by atoms with E-state index in [2.05, 4.69) is 33.2 Å². The van der Waals surface area contributed by atoms with Crippen LogP contribution in [-0.4, -0.2) is 15.0 Å². The van der Waals surface area contributed by atoms with E-state index in [4.69, 9.17) is 0 Å². The molecule has 3 heterocycles. The van der Waals surface area contributed by atoms with Gasteiger partial charge in [0, 0.05) is 47.7 Å². The minimum Gasteiger partial charge on any atom is -0.264 e. The van der Waals surface area contributed by atoms with Crippen LogP contribution in [0.5, 0.6) is 0 Å². The van der Waals surface area contributed by atoms with E-state index in [-0.39, 0.29) is 0 Å². The van der Waals surface area contributed by atoms with Crippen molar-refractivity contribution in [3.05, 3.63) is 91.6 Å². The second-order valence-electron chi connectivity index (χ2n) is 5.43. The van der Waals surface area contributed by atoms with Crippen LogP contribution in [0.3, 0.4) is 0 Å². The maximum atomic E-state index is 4.59. The Balaban J connectivity index is 1.93. The molecule has 1 aromatic carbocycles. The number of benzene rings is 1. The van der Waals surface area contributed by atoms with Gasteiger partial charge in [0.25, 0.3) is 0 Å². The molecule has 3 nitrogen and oxygen atoms in total. The van der Waals surface area contributed by atoms with E-state index in [9.17, 15) is 0 Å². The van der Waals surface area contributed by atoms with Crippen LogP contribution in [0.4, 0.5) is 0 Å². The number of hydrogen-bond donors (Lipinski definition) is 0. The van der Waals surface area contributed by atoms with Gasteiger partial charge in [-0.2, -0.15) is 0 Å². The quantitative estimate of drug-likeness (QED) is 0.542. The van der Waals surface area contributed by atoms with Crippen molar-refractivity contribution in [2.75, 3.05) is 0 Å². The first-order valence-corrected chi connectivity index (χ1v) is 7.79. The van der Waals surface area contributed by atoms with Gasteiger partial charge in [0.05, 0.1) is 5.69 Å². The highest BCUT2D eigenvalue weighted by molar-refractivity contribution is 5.89. The van der Waals surface area contributed by atoms with Crippen molar-refractivity contribution < 1.29 is 0 Å². The standard InChI is InChI=1S/C21H15N3/c1-2-6-16(7-3-1)18-10-13-23-15-20(18)19-9-5-12-24-21(19)17-8-4-11-22-14-17/h1-15H. The summed E-state index contributed by atoms with van der Waals surface area (Å²) in [7, 11) is 0. The van der Waals surface area contributed by atoms with Crippen LogP contribution in [-0.2, 0) is 0 Å². The molecule has 0 aliphatic heterocycles. The third kappa shape index (κ3) is 2.68. The van der Waals surface area contributed by atoms with Crippen LogP contribution in [0, 0.1) is 0 Å². The summed E-state index contributed by atoms with van der Waals surface area (Å²) < 4.78 is 0. The van der Waals surface area contributed by atoms with Gasteiger partial charge in [0.1, 0.15) is 0 Å². The number of pyridine rings is 3. The average Bonchev–Trinajstić information content (AvgIpc) is 2.69. The third-order valence-corrected chi connectivity index (χ3v) is 3.94. The second kappa shape index (κ2) is 6.42. The zero-order chi connectivity index (χ0) is 16.2. The highest BCUT2D eigenvalue weighted by Gasteiger charge is 2.13. The van der Waals surface area contributed by atoms with Gasteiger partial charge in [0.2, 0.25) is 0 Å². The summed E-state index contributed by atoms with van der Waals surface area (Å²) in [5.41, 5.74) is 6.33. The predicted octanol–water partition coefficient (Wildman–Crippen LogP) is 4.87. The van der Waals surface area contributed by atoms with Gasteiger partial charge in [-0.25, -0.2) is 0 Å². The van der Waals surface area contributed by atoms with Gasteiger partial charge in [-0.15, -0.1) is 0 Å². The van der Waals surface area contributed by atoms with E-state index in [1.54, 1.807) is 6.20 Å². The zero-order valence-corrected chi connectivity index (χ0v) is 13.0. The van der Waals surface area contributed by atoms with Crippen LogP contribution in [0.2, 0.25) is 0 Å². The van der Waals surface area contributed by atoms with Crippen molar-refractivity contribution in [2.24, 2.45) is 0 Å². The van der Waals surface area contributed by atoms with Gasteiger partial charge in [0.15, 0.2) is 0 Å². The molecule has 24 heavy (non-hydrogen) atoms. The lowest BCUT2D eigenvalue weighted by Gasteiger charge is -2.13. The van der Waals surface area contributed by atoms with Gasteiger partial charge < -0.3 is 0 Å². The number of hydrogen-bond acceptors (Lipinski definition) is 3. The first-order valence-electron chi connectivity index (χ1n) is 7.79. The van der Waals surface area contributed by atoms with Gasteiger partial charge in [-0.3, -0.25) is 15.0 Å². The lowest BCUT2D eigenvalue weighted by molar-refractivity contribution is 1.27. The molecule has 0 spiro atoms. The highest BCUT2D eigenvalue weighted by Crippen LogP contribution is 2.35. The fraction of sp³-hybridized carbons (Fsp3) is 0. The molecule has 0 aliphatic rings. The summed E-state index contributed by atoms with van der Waals surface area (Å²) in [6.07, 6.45) is 9.14. The molecule has 0 unspecified atom stereocenters. The largest absolute Gasteiger partial charge is 0.264 e. The van der Waals surface area contributed by atoms with E-state index in [1.165, 1.54) is 0 Å². The molecule has 0 fully saturated rings. The van der Waals surface area contributed by atoms with Crippen molar-refractivity contribution in [1.29, 1.82) is 0 Å². The normalized spacial score (nSPS) is 10.5. The summed E-state index contributed by atoms with van der Waals surface area (Å²) in [6.45, 7) is 0. The summed E-state index contributed by atoms with van der Waals surface area (Å²) >= 11 is 0. The zero-order valence-electron chi connectivity index (χ0n) is 13.0. The van der Waals surface area contributed by atoms with E-state index >= 15 is 0 Å². The molecular formula is C21H15N3. The van der Waals surface area contributed by atoms with Gasteiger partial charge in [-0.1, -0.05) is 36.4 Å². The Hall–Kier alpha value is -3.33. The second-order valence-corrected chi connectivity index (χ2v) is 5.43. The Morgan fingerprint density at radius 2 is 1.29 bits per heavy atom. The minimum atomic E-state index is 0.913. The lowest BCUT2D eigenvalue weighted by atomic mass is 9.94. The molecule has 0 bridgehead atoms. The Morgan fingerprint density at radius 3 is 2.12 bits per heavy atom. The topological polar surface area (TPSA) is 38.7 Å². The first kappa shape index (κ1) is 14.3. The molecule has 4 aromatic rings. The van der Waals surface area contributed by atoms with Crippen LogP contribution >= 0.6 is 0 Å². The Morgan fingerprint density at radius 1 is 0.500 bits per heavy atom. The molecule has 0 aliphatic carbocycles. The van der Waals surface area contributed by atoms with Crippen molar-refractivity contribution in [1.82, 2.24) is 15.0 Å². The van der Waals surface area contributed by atoms with Crippen LogP contribution in [0.1, 0.15) is 0 Å². The minimum absolute atomic E-state index is 0.913. The van der Waals surface area contributed by atoms with Crippen LogP contribution in [0.25, 0.3) is 33.5 Å². The molecule has 0 saturated heterocycles. The smallest absolute Gasteiger partial charge is 0.0796 e. The molecule has 114 valence electrons. The summed E-state index contributed by atoms with van der Waals surface area (Å²) in [5.74, 6) is 0. The Kier molecular flexibility index (Phi) is 3.82. The highest BCUT2D eigenvalue weighted by atomic mass is 14.7. The molecule has 0 saturated carbocycles. The molecule has 0 N–H and O–H groups in total. The molecule has 4 rings (SSSR count). The molecule has 0 radical (unpaired) electrons. The fourth-order valence-electron chi connectivity index (χ4n) is 2.83. The molecular weight excluding hydrogens is 294 g/mol. The van der Waals surface area contributed by atoms with Crippen molar-refractivity contribution in [2.45, 2.75) is 0 Å². The maximum Gasteiger partial charge on any atom is 0.0796 e. The lowest BCUT2D eigenvalue weighted by Crippen LogP contribution is -1.92. The number of nitrogens with zero attached hydrogens (tertiary/aromatic N) is 3. The van der Waals surface area contributed by atoms with Crippen molar-refractivity contribution in [3.63, 3.8) is 0 Å². The molecule has 0 atom stereocenters. The molecule has 3 aromatic heterocycles. The molecule has 0 amide bonds. The van der Waals surface area contributed by atoms with E-state index in [0.29, 0.717) is 0 Å². The summed E-state index contributed by atoms with van der Waals surface area (Å²) in [4.78, 5) is 13.2. The third-order valence-electron chi connectivity index (χ3n) is 3.94.